The predicted molar refractivity (Wildman–Crippen MR) is 70.4 cm³/mol. The van der Waals surface area contributed by atoms with Crippen LogP contribution in [0.5, 0.6) is 5.75 Å². The molecule has 0 bridgehead atoms. The van der Waals surface area contributed by atoms with Gasteiger partial charge in [0.05, 0.1) is 5.56 Å². The Balaban J connectivity index is 2.05. The van der Waals surface area contributed by atoms with Crippen molar-refractivity contribution in [3.63, 3.8) is 0 Å². The lowest BCUT2D eigenvalue weighted by atomic mass is 10.1. The molecule has 0 saturated carbocycles. The summed E-state index contributed by atoms with van der Waals surface area (Å²) in [5.74, 6) is -1.29. The molecule has 0 aliphatic rings. The molecular formula is C15H14FNO2. The molecule has 2 aromatic rings. The Hall–Kier alpha value is -2.36. The van der Waals surface area contributed by atoms with Crippen LogP contribution in [0, 0.1) is 12.7 Å². The number of hydrogen-bond donors (Lipinski definition) is 2. The smallest absolute Gasteiger partial charge is 0.255 e. The van der Waals surface area contributed by atoms with Gasteiger partial charge in [-0.25, -0.2) is 4.39 Å². The van der Waals surface area contributed by atoms with Crippen molar-refractivity contribution in [2.45, 2.75) is 13.5 Å². The highest BCUT2D eigenvalue weighted by atomic mass is 19.1. The van der Waals surface area contributed by atoms with E-state index >= 15 is 0 Å². The zero-order valence-corrected chi connectivity index (χ0v) is 10.5. The van der Waals surface area contributed by atoms with E-state index < -0.39 is 11.7 Å². The van der Waals surface area contributed by atoms with Crippen molar-refractivity contribution in [3.8, 4) is 5.75 Å². The molecular weight excluding hydrogens is 245 g/mol. The monoisotopic (exact) mass is 259 g/mol. The van der Waals surface area contributed by atoms with Crippen molar-refractivity contribution >= 4 is 5.91 Å². The van der Waals surface area contributed by atoms with E-state index in [1.54, 1.807) is 0 Å². The molecule has 3 nitrogen and oxygen atoms in total. The summed E-state index contributed by atoms with van der Waals surface area (Å²) in [6.45, 7) is 2.31. The molecule has 0 heterocycles. The van der Waals surface area contributed by atoms with E-state index in [9.17, 15) is 14.3 Å². The number of aromatic hydroxyl groups is 1. The highest BCUT2D eigenvalue weighted by Crippen LogP contribution is 2.17. The van der Waals surface area contributed by atoms with E-state index in [1.807, 2.05) is 31.2 Å². The van der Waals surface area contributed by atoms with Crippen LogP contribution in [0.1, 0.15) is 21.5 Å². The molecule has 19 heavy (non-hydrogen) atoms. The fourth-order valence-electron chi connectivity index (χ4n) is 1.67. The Morgan fingerprint density at radius 1 is 1.21 bits per heavy atom. The summed E-state index contributed by atoms with van der Waals surface area (Å²) in [5, 5.41) is 12.1. The molecule has 1 amide bonds. The van der Waals surface area contributed by atoms with Gasteiger partial charge in [-0.05, 0) is 30.7 Å². The SMILES string of the molecule is Cc1ccc(CNC(=O)c2cc(F)ccc2O)cc1. The van der Waals surface area contributed by atoms with Crippen LogP contribution in [-0.2, 0) is 6.54 Å². The number of phenols is 1. The van der Waals surface area contributed by atoms with Crippen molar-refractivity contribution in [1.82, 2.24) is 5.32 Å². The van der Waals surface area contributed by atoms with Crippen molar-refractivity contribution in [2.75, 3.05) is 0 Å². The lowest BCUT2D eigenvalue weighted by Crippen LogP contribution is -2.23. The fourth-order valence-corrected chi connectivity index (χ4v) is 1.67. The Morgan fingerprint density at radius 2 is 1.89 bits per heavy atom. The predicted octanol–water partition coefficient (Wildman–Crippen LogP) is 2.77. The van der Waals surface area contributed by atoms with Gasteiger partial charge in [-0.1, -0.05) is 29.8 Å². The second-order valence-corrected chi connectivity index (χ2v) is 4.33. The average molecular weight is 259 g/mol. The normalized spacial score (nSPS) is 10.2. The van der Waals surface area contributed by atoms with E-state index in [4.69, 9.17) is 0 Å². The molecule has 0 aliphatic carbocycles. The van der Waals surface area contributed by atoms with E-state index in [1.165, 1.54) is 0 Å². The fraction of sp³-hybridized carbons (Fsp3) is 0.133. The third-order valence-electron chi connectivity index (χ3n) is 2.78. The number of benzene rings is 2. The summed E-state index contributed by atoms with van der Waals surface area (Å²) in [4.78, 5) is 11.8. The third kappa shape index (κ3) is 3.31. The zero-order valence-electron chi connectivity index (χ0n) is 10.5. The molecule has 0 fully saturated rings. The van der Waals surface area contributed by atoms with Gasteiger partial charge in [0.15, 0.2) is 0 Å². The number of carbonyl (C=O) groups excluding carboxylic acids is 1. The molecule has 0 saturated heterocycles. The minimum atomic E-state index is -0.557. The van der Waals surface area contributed by atoms with Gasteiger partial charge in [-0.3, -0.25) is 4.79 Å². The molecule has 2 aromatic carbocycles. The topological polar surface area (TPSA) is 49.3 Å². The number of nitrogens with one attached hydrogen (secondary N) is 1. The first-order valence-corrected chi connectivity index (χ1v) is 5.88. The number of rotatable bonds is 3. The molecule has 0 atom stereocenters. The van der Waals surface area contributed by atoms with Gasteiger partial charge >= 0.3 is 0 Å². The number of halogens is 1. The van der Waals surface area contributed by atoms with Crippen LogP contribution >= 0.6 is 0 Å². The van der Waals surface area contributed by atoms with Gasteiger partial charge in [0, 0.05) is 6.54 Å². The first kappa shape index (κ1) is 13.1. The first-order valence-electron chi connectivity index (χ1n) is 5.88. The van der Waals surface area contributed by atoms with E-state index in [0.29, 0.717) is 6.54 Å². The van der Waals surface area contributed by atoms with Gasteiger partial charge < -0.3 is 10.4 Å². The largest absolute Gasteiger partial charge is 0.507 e. The number of aryl methyl sites for hydroxylation is 1. The summed E-state index contributed by atoms with van der Waals surface area (Å²) >= 11 is 0. The third-order valence-corrected chi connectivity index (χ3v) is 2.78. The standard InChI is InChI=1S/C15H14FNO2/c1-10-2-4-11(5-3-10)9-17-15(19)13-8-12(16)6-7-14(13)18/h2-8,18H,9H2,1H3,(H,17,19). The first-order chi connectivity index (χ1) is 9.06. The Kier molecular flexibility index (Phi) is 3.80. The lowest BCUT2D eigenvalue weighted by molar-refractivity contribution is 0.0947. The van der Waals surface area contributed by atoms with Crippen LogP contribution in [-0.4, -0.2) is 11.0 Å². The average Bonchev–Trinajstić information content (AvgIpc) is 2.40. The Morgan fingerprint density at radius 3 is 2.58 bits per heavy atom. The van der Waals surface area contributed by atoms with Crippen LogP contribution < -0.4 is 5.32 Å². The highest BCUT2D eigenvalue weighted by molar-refractivity contribution is 5.96. The van der Waals surface area contributed by atoms with E-state index in [0.717, 1.165) is 29.3 Å². The van der Waals surface area contributed by atoms with Crippen LogP contribution in [0.15, 0.2) is 42.5 Å². The van der Waals surface area contributed by atoms with Crippen molar-refractivity contribution in [3.05, 3.63) is 65.0 Å². The molecule has 98 valence electrons. The summed E-state index contributed by atoms with van der Waals surface area (Å²) < 4.78 is 13.0. The summed E-state index contributed by atoms with van der Waals surface area (Å²) in [7, 11) is 0. The maximum Gasteiger partial charge on any atom is 0.255 e. The quantitative estimate of drug-likeness (QED) is 0.890. The van der Waals surface area contributed by atoms with Crippen LogP contribution in [0.3, 0.4) is 0 Å². The van der Waals surface area contributed by atoms with E-state index in [2.05, 4.69) is 5.32 Å². The van der Waals surface area contributed by atoms with Crippen LogP contribution in [0.25, 0.3) is 0 Å². The number of carbonyl (C=O) groups is 1. The van der Waals surface area contributed by atoms with Crippen molar-refractivity contribution in [2.24, 2.45) is 0 Å². The minimum Gasteiger partial charge on any atom is -0.507 e. The summed E-state index contributed by atoms with van der Waals surface area (Å²) in [5.41, 5.74) is 2.01. The molecule has 4 heteroatoms. The molecule has 0 radical (unpaired) electrons. The zero-order chi connectivity index (χ0) is 13.8. The second-order valence-electron chi connectivity index (χ2n) is 4.33. The molecule has 2 rings (SSSR count). The molecule has 0 spiro atoms. The number of hydrogen-bond acceptors (Lipinski definition) is 2. The maximum absolute atomic E-state index is 13.0. The lowest BCUT2D eigenvalue weighted by Gasteiger charge is -2.07. The molecule has 2 N–H and O–H groups in total. The highest BCUT2D eigenvalue weighted by Gasteiger charge is 2.11. The number of phenolic OH excluding ortho intramolecular Hbond substituents is 1. The van der Waals surface area contributed by atoms with Crippen LogP contribution in [0.2, 0.25) is 0 Å². The summed E-state index contributed by atoms with van der Waals surface area (Å²) in [6, 6.07) is 11.0. The maximum atomic E-state index is 13.0. The molecule has 0 unspecified atom stereocenters. The van der Waals surface area contributed by atoms with Crippen molar-refractivity contribution < 1.29 is 14.3 Å². The second kappa shape index (κ2) is 5.52. The minimum absolute atomic E-state index is 0.0629. The van der Waals surface area contributed by atoms with Crippen molar-refractivity contribution in [1.29, 1.82) is 0 Å². The van der Waals surface area contributed by atoms with Gasteiger partial charge in [0.1, 0.15) is 11.6 Å². The Bertz CT molecular complexity index is 594. The Labute approximate surface area is 110 Å². The van der Waals surface area contributed by atoms with Gasteiger partial charge in [-0.2, -0.15) is 0 Å². The number of amides is 1. The van der Waals surface area contributed by atoms with Gasteiger partial charge in [-0.15, -0.1) is 0 Å². The van der Waals surface area contributed by atoms with Gasteiger partial charge in [0.2, 0.25) is 0 Å². The van der Waals surface area contributed by atoms with E-state index in [-0.39, 0.29) is 11.3 Å². The molecule has 0 aliphatic heterocycles. The molecule has 0 aromatic heterocycles. The van der Waals surface area contributed by atoms with Crippen LogP contribution in [0.4, 0.5) is 4.39 Å². The summed E-state index contributed by atoms with van der Waals surface area (Å²) in [6.07, 6.45) is 0. The van der Waals surface area contributed by atoms with Gasteiger partial charge in [0.25, 0.3) is 5.91 Å².